The third-order valence-electron chi connectivity index (χ3n) is 4.18. The molecule has 0 unspecified atom stereocenters. The lowest BCUT2D eigenvalue weighted by molar-refractivity contribution is -0.132. The Morgan fingerprint density at radius 1 is 1.14 bits per heavy atom. The fraction of sp³-hybridized carbons (Fsp3) is 0.353. The molecule has 3 rings (SSSR count). The minimum atomic E-state index is -0.409. The number of imide groups is 1. The number of anilines is 1. The Morgan fingerprint density at radius 2 is 1.77 bits per heavy atom. The van der Waals surface area contributed by atoms with E-state index >= 15 is 0 Å². The smallest absolute Gasteiger partial charge is 0.308 e. The number of ether oxygens (including phenoxy) is 1. The lowest BCUT2D eigenvalue weighted by Crippen LogP contribution is -2.30. The first-order valence-electron chi connectivity index (χ1n) is 7.29. The molecule has 1 aromatic rings. The van der Waals surface area contributed by atoms with Crippen molar-refractivity contribution in [1.29, 1.82) is 0 Å². The van der Waals surface area contributed by atoms with E-state index in [1.54, 1.807) is 24.3 Å². The van der Waals surface area contributed by atoms with Gasteiger partial charge in [-0.25, -0.2) is 0 Å². The van der Waals surface area contributed by atoms with Gasteiger partial charge in [-0.3, -0.25) is 19.3 Å². The third kappa shape index (κ3) is 2.43. The van der Waals surface area contributed by atoms with E-state index in [2.05, 4.69) is 0 Å². The summed E-state index contributed by atoms with van der Waals surface area (Å²) in [7, 11) is 0. The van der Waals surface area contributed by atoms with Crippen LogP contribution in [0.4, 0.5) is 5.69 Å². The summed E-state index contributed by atoms with van der Waals surface area (Å²) in [5.41, 5.74) is 1.69. The lowest BCUT2D eigenvalue weighted by atomic mass is 9.82. The van der Waals surface area contributed by atoms with Gasteiger partial charge in [-0.2, -0.15) is 0 Å². The highest BCUT2D eigenvalue weighted by atomic mass is 16.5. The van der Waals surface area contributed by atoms with Gasteiger partial charge in [0.05, 0.1) is 17.5 Å². The molecule has 0 N–H and O–H groups in total. The van der Waals surface area contributed by atoms with Crippen LogP contribution in [0.2, 0.25) is 0 Å². The van der Waals surface area contributed by atoms with Crippen LogP contribution >= 0.6 is 0 Å². The molecule has 5 heteroatoms. The van der Waals surface area contributed by atoms with Crippen molar-refractivity contribution in [3.05, 3.63) is 35.9 Å². The molecular formula is C17H17NO4. The molecule has 0 spiro atoms. The molecule has 1 aromatic carbocycles. The van der Waals surface area contributed by atoms with Crippen molar-refractivity contribution in [2.24, 2.45) is 11.8 Å². The van der Waals surface area contributed by atoms with Crippen molar-refractivity contribution in [2.75, 3.05) is 4.90 Å². The molecule has 5 nitrogen and oxygen atoms in total. The monoisotopic (exact) mass is 299 g/mol. The number of carbonyl (C=O) groups excluding carboxylic acids is 3. The number of hydrogen-bond donors (Lipinski definition) is 0. The lowest BCUT2D eigenvalue weighted by Gasteiger charge is -2.18. The van der Waals surface area contributed by atoms with Gasteiger partial charge >= 0.3 is 5.97 Å². The minimum absolute atomic E-state index is 0.136. The molecular weight excluding hydrogens is 282 g/mol. The van der Waals surface area contributed by atoms with E-state index < -0.39 is 5.97 Å². The van der Waals surface area contributed by atoms with Crippen LogP contribution in [0.3, 0.4) is 0 Å². The van der Waals surface area contributed by atoms with Gasteiger partial charge in [0.1, 0.15) is 5.75 Å². The molecule has 1 aliphatic carbocycles. The van der Waals surface area contributed by atoms with Crippen LogP contribution in [0.15, 0.2) is 35.9 Å². The third-order valence-corrected chi connectivity index (χ3v) is 4.18. The van der Waals surface area contributed by atoms with E-state index in [9.17, 15) is 14.4 Å². The maximum absolute atomic E-state index is 12.6. The highest BCUT2D eigenvalue weighted by Crippen LogP contribution is 2.39. The van der Waals surface area contributed by atoms with E-state index in [1.807, 2.05) is 13.0 Å². The van der Waals surface area contributed by atoms with Crippen molar-refractivity contribution in [3.8, 4) is 5.75 Å². The maximum atomic E-state index is 12.6. The number of nitrogens with zero attached hydrogens (tertiary/aromatic N) is 1. The zero-order chi connectivity index (χ0) is 15.9. The van der Waals surface area contributed by atoms with E-state index in [4.69, 9.17) is 4.74 Å². The molecule has 2 aliphatic rings. The molecule has 1 heterocycles. The summed E-state index contributed by atoms with van der Waals surface area (Å²) in [6, 6.07) is 6.43. The van der Waals surface area contributed by atoms with Crippen molar-refractivity contribution in [2.45, 2.75) is 26.7 Å². The van der Waals surface area contributed by atoms with Crippen molar-refractivity contribution in [3.63, 3.8) is 0 Å². The van der Waals surface area contributed by atoms with Crippen LogP contribution in [0.25, 0.3) is 0 Å². The topological polar surface area (TPSA) is 63.7 Å². The van der Waals surface area contributed by atoms with Crippen LogP contribution in [-0.2, 0) is 14.4 Å². The van der Waals surface area contributed by atoms with Gasteiger partial charge in [-0.15, -0.1) is 0 Å². The fourth-order valence-corrected chi connectivity index (χ4v) is 3.12. The molecule has 1 aliphatic heterocycles. The SMILES string of the molecule is CC(=O)Oc1ccc(N2C(=O)[C@H]3CC=C(C)C[C@@H]3C2=O)cc1. The molecule has 114 valence electrons. The zero-order valence-electron chi connectivity index (χ0n) is 12.5. The van der Waals surface area contributed by atoms with Gasteiger partial charge in [-0.05, 0) is 44.0 Å². The number of rotatable bonds is 2. The summed E-state index contributed by atoms with van der Waals surface area (Å²) in [5.74, 6) is -0.782. The fourth-order valence-electron chi connectivity index (χ4n) is 3.12. The molecule has 2 atom stereocenters. The molecule has 1 fully saturated rings. The summed E-state index contributed by atoms with van der Waals surface area (Å²) in [4.78, 5) is 37.2. The Bertz CT molecular complexity index is 674. The van der Waals surface area contributed by atoms with E-state index in [1.165, 1.54) is 11.8 Å². The predicted molar refractivity (Wildman–Crippen MR) is 80.2 cm³/mol. The van der Waals surface area contributed by atoms with Crippen LogP contribution < -0.4 is 9.64 Å². The van der Waals surface area contributed by atoms with Crippen molar-refractivity contribution in [1.82, 2.24) is 0 Å². The van der Waals surface area contributed by atoms with Gasteiger partial charge < -0.3 is 4.74 Å². The first kappa shape index (κ1) is 14.5. The van der Waals surface area contributed by atoms with E-state index in [0.717, 1.165) is 5.57 Å². The van der Waals surface area contributed by atoms with Crippen LogP contribution in [0.5, 0.6) is 5.75 Å². The Morgan fingerprint density at radius 3 is 2.41 bits per heavy atom. The molecule has 2 amide bonds. The van der Waals surface area contributed by atoms with Gasteiger partial charge in [0.2, 0.25) is 11.8 Å². The van der Waals surface area contributed by atoms with Gasteiger partial charge in [0, 0.05) is 6.92 Å². The van der Waals surface area contributed by atoms with Crippen LogP contribution in [-0.4, -0.2) is 17.8 Å². The van der Waals surface area contributed by atoms with E-state index in [-0.39, 0.29) is 23.7 Å². The largest absolute Gasteiger partial charge is 0.427 e. The standard InChI is InChI=1S/C17H17NO4/c1-10-3-8-14-15(9-10)17(21)18(16(14)20)12-4-6-13(7-5-12)22-11(2)19/h3-7,14-15H,8-9H2,1-2H3/t14-,15-/m0/s1. The number of hydrogen-bond acceptors (Lipinski definition) is 4. The summed E-state index contributed by atoms with van der Waals surface area (Å²) < 4.78 is 4.96. The number of esters is 1. The quantitative estimate of drug-likeness (QED) is 0.364. The Kier molecular flexibility index (Phi) is 3.56. The molecule has 0 aromatic heterocycles. The predicted octanol–water partition coefficient (Wildman–Crippen LogP) is 2.46. The Labute approximate surface area is 128 Å². The molecule has 1 saturated heterocycles. The average molecular weight is 299 g/mol. The first-order chi connectivity index (χ1) is 10.5. The van der Waals surface area contributed by atoms with E-state index in [0.29, 0.717) is 24.3 Å². The number of allylic oxidation sites excluding steroid dienone is 2. The Hall–Kier alpha value is -2.43. The van der Waals surface area contributed by atoms with Gasteiger partial charge in [-0.1, -0.05) is 11.6 Å². The number of benzene rings is 1. The van der Waals surface area contributed by atoms with Gasteiger partial charge in [0.15, 0.2) is 0 Å². The second-order valence-electron chi connectivity index (χ2n) is 5.80. The maximum Gasteiger partial charge on any atom is 0.308 e. The molecule has 22 heavy (non-hydrogen) atoms. The molecule has 0 saturated carbocycles. The zero-order valence-corrected chi connectivity index (χ0v) is 12.5. The second-order valence-corrected chi connectivity index (χ2v) is 5.80. The summed E-state index contributed by atoms with van der Waals surface area (Å²) in [6.45, 7) is 3.31. The van der Waals surface area contributed by atoms with Crippen molar-refractivity contribution < 1.29 is 19.1 Å². The highest BCUT2D eigenvalue weighted by molar-refractivity contribution is 6.22. The van der Waals surface area contributed by atoms with Gasteiger partial charge in [0.25, 0.3) is 0 Å². The summed E-state index contributed by atoms with van der Waals surface area (Å²) >= 11 is 0. The number of carbonyl (C=O) groups is 3. The Balaban J connectivity index is 1.85. The van der Waals surface area contributed by atoms with Crippen LogP contribution in [0.1, 0.15) is 26.7 Å². The summed E-state index contributed by atoms with van der Waals surface area (Å²) in [6.07, 6.45) is 3.32. The first-order valence-corrected chi connectivity index (χ1v) is 7.29. The minimum Gasteiger partial charge on any atom is -0.427 e. The second kappa shape index (κ2) is 5.40. The molecule has 0 bridgehead atoms. The van der Waals surface area contributed by atoms with Crippen LogP contribution in [0, 0.1) is 11.8 Å². The normalized spacial score (nSPS) is 24.1. The highest BCUT2D eigenvalue weighted by Gasteiger charge is 2.48. The molecule has 0 radical (unpaired) electrons. The number of fused-ring (bicyclic) bond motifs is 1. The summed E-state index contributed by atoms with van der Waals surface area (Å²) in [5, 5.41) is 0. The number of amides is 2. The average Bonchev–Trinajstić information content (AvgIpc) is 2.71. The van der Waals surface area contributed by atoms with Crippen molar-refractivity contribution >= 4 is 23.5 Å².